The lowest BCUT2D eigenvalue weighted by molar-refractivity contribution is -0.134. The fraction of sp³-hybridized carbons (Fsp3) is 0.381. The molecule has 1 aliphatic rings. The first-order chi connectivity index (χ1) is 15.3. The van der Waals surface area contributed by atoms with E-state index in [4.69, 9.17) is 19.4 Å². The molecule has 0 atom stereocenters. The minimum Gasteiger partial charge on any atom is -0.493 e. The van der Waals surface area contributed by atoms with Crippen molar-refractivity contribution >= 4 is 15.7 Å². The van der Waals surface area contributed by atoms with Crippen LogP contribution in [0.3, 0.4) is 0 Å². The van der Waals surface area contributed by atoms with Crippen molar-refractivity contribution in [3.05, 3.63) is 54.1 Å². The minimum absolute atomic E-state index is 0.0603. The van der Waals surface area contributed by atoms with Crippen LogP contribution in [-0.2, 0) is 19.4 Å². The van der Waals surface area contributed by atoms with Crippen LogP contribution in [0.25, 0.3) is 0 Å². The van der Waals surface area contributed by atoms with Gasteiger partial charge in [-0.25, -0.2) is 22.7 Å². The van der Waals surface area contributed by atoms with E-state index < -0.39 is 32.1 Å². The molecule has 0 radical (unpaired) electrons. The second kappa shape index (κ2) is 10.2. The molecule has 0 saturated carbocycles. The number of carbonyl (C=O) groups is 1. The van der Waals surface area contributed by atoms with Gasteiger partial charge in [0, 0.05) is 25.7 Å². The highest BCUT2D eigenvalue weighted by Gasteiger charge is 2.52. The summed E-state index contributed by atoms with van der Waals surface area (Å²) >= 11 is 0. The lowest BCUT2D eigenvalue weighted by Crippen LogP contribution is -2.54. The maximum Gasteiger partial charge on any atom is 0.265 e. The van der Waals surface area contributed by atoms with E-state index in [-0.39, 0.29) is 49.9 Å². The Morgan fingerprint density at radius 3 is 2.34 bits per heavy atom. The highest BCUT2D eigenvalue weighted by Crippen LogP contribution is 2.35. The maximum atomic E-state index is 13.5. The molecule has 0 aliphatic carbocycles. The number of halogens is 2. The van der Waals surface area contributed by atoms with Crippen molar-refractivity contribution in [3.8, 4) is 11.5 Å². The molecule has 11 heteroatoms. The molecule has 1 fully saturated rings. The molecular weight excluding hydrogens is 448 g/mol. The van der Waals surface area contributed by atoms with E-state index in [1.54, 1.807) is 0 Å². The molecule has 1 amide bonds. The van der Waals surface area contributed by atoms with E-state index in [2.05, 4.69) is 0 Å². The summed E-state index contributed by atoms with van der Waals surface area (Å²) in [5.74, 6) is -2.14. The number of rotatable bonds is 9. The van der Waals surface area contributed by atoms with Gasteiger partial charge in [-0.3, -0.25) is 10.0 Å². The molecule has 0 bridgehead atoms. The summed E-state index contributed by atoms with van der Waals surface area (Å²) in [6.07, 6.45) is 0.250. The summed E-state index contributed by atoms with van der Waals surface area (Å²) in [7, 11) is -4.11. The smallest absolute Gasteiger partial charge is 0.265 e. The summed E-state index contributed by atoms with van der Waals surface area (Å²) in [5, 5.41) is 9.08. The van der Waals surface area contributed by atoms with Gasteiger partial charge in [0.2, 0.25) is 0 Å². The zero-order chi connectivity index (χ0) is 23.2. The van der Waals surface area contributed by atoms with Crippen LogP contribution in [0.5, 0.6) is 11.5 Å². The third kappa shape index (κ3) is 5.00. The molecule has 1 aliphatic heterocycles. The summed E-state index contributed by atoms with van der Waals surface area (Å²) < 4.78 is 66.8. The average Bonchev–Trinajstić information content (AvgIpc) is 2.80. The number of nitrogens with one attached hydrogen (secondary N) is 1. The average molecular weight is 471 g/mol. The largest absolute Gasteiger partial charge is 0.493 e. The minimum atomic E-state index is -4.11. The van der Waals surface area contributed by atoms with E-state index >= 15 is 0 Å². The Bertz CT molecular complexity index is 1040. The zero-order valence-corrected chi connectivity index (χ0v) is 17.9. The number of carbonyl (C=O) groups excluding carboxylic acids is 1. The Kier molecular flexibility index (Phi) is 7.64. The molecule has 2 aromatic carbocycles. The first-order valence-electron chi connectivity index (χ1n) is 9.88. The Morgan fingerprint density at radius 2 is 1.72 bits per heavy atom. The number of amides is 1. The van der Waals surface area contributed by atoms with Gasteiger partial charge in [0.1, 0.15) is 11.6 Å². The van der Waals surface area contributed by atoms with Crippen LogP contribution in [0.1, 0.15) is 19.3 Å². The summed E-state index contributed by atoms with van der Waals surface area (Å²) in [5.41, 5.74) is 1.47. The molecule has 1 heterocycles. The van der Waals surface area contributed by atoms with Gasteiger partial charge in [-0.05, 0) is 49.2 Å². The maximum absolute atomic E-state index is 13.5. The number of hydroxylamine groups is 1. The van der Waals surface area contributed by atoms with Crippen LogP contribution in [0, 0.1) is 11.6 Å². The molecular formula is C21H23F2NO7S. The van der Waals surface area contributed by atoms with Gasteiger partial charge in [0.25, 0.3) is 5.91 Å². The fourth-order valence-electron chi connectivity index (χ4n) is 3.38. The molecule has 2 aromatic rings. The van der Waals surface area contributed by atoms with Crippen molar-refractivity contribution < 1.29 is 41.4 Å². The summed E-state index contributed by atoms with van der Waals surface area (Å²) in [6, 6.07) is 8.60. The highest BCUT2D eigenvalue weighted by molar-refractivity contribution is 7.93. The molecule has 2 N–H and O–H groups in total. The Labute approximate surface area is 184 Å². The molecule has 8 nitrogen and oxygen atoms in total. The van der Waals surface area contributed by atoms with Gasteiger partial charge < -0.3 is 14.2 Å². The van der Waals surface area contributed by atoms with Crippen molar-refractivity contribution in [1.82, 2.24) is 5.48 Å². The molecule has 174 valence electrons. The van der Waals surface area contributed by atoms with Crippen LogP contribution in [-0.4, -0.2) is 50.7 Å². The Morgan fingerprint density at radius 1 is 1.06 bits per heavy atom. The van der Waals surface area contributed by atoms with E-state index in [1.165, 1.54) is 35.8 Å². The Hall–Kier alpha value is -2.76. The molecule has 0 spiro atoms. The number of hydrogen-bond donors (Lipinski definition) is 2. The van der Waals surface area contributed by atoms with Gasteiger partial charge in [-0.2, -0.15) is 0 Å². The molecule has 3 rings (SSSR count). The van der Waals surface area contributed by atoms with Crippen molar-refractivity contribution in [2.24, 2.45) is 0 Å². The first-order valence-corrected chi connectivity index (χ1v) is 11.4. The van der Waals surface area contributed by atoms with Crippen LogP contribution in [0.15, 0.2) is 47.4 Å². The van der Waals surface area contributed by atoms with Gasteiger partial charge in [-0.1, -0.05) is 0 Å². The number of ether oxygens (including phenoxy) is 3. The van der Waals surface area contributed by atoms with Crippen LogP contribution < -0.4 is 15.0 Å². The van der Waals surface area contributed by atoms with E-state index in [0.717, 1.165) is 12.1 Å². The molecule has 0 aromatic heterocycles. The predicted octanol–water partition coefficient (Wildman–Crippen LogP) is 2.64. The molecule has 1 saturated heterocycles. The second-order valence-corrected chi connectivity index (χ2v) is 9.41. The Balaban J connectivity index is 1.57. The first kappa shape index (κ1) is 23.9. The van der Waals surface area contributed by atoms with Gasteiger partial charge in [0.05, 0.1) is 18.1 Å². The fourth-order valence-corrected chi connectivity index (χ4v) is 5.32. The number of hydrogen-bond acceptors (Lipinski definition) is 7. The molecule has 32 heavy (non-hydrogen) atoms. The topological polar surface area (TPSA) is 111 Å². The number of sulfone groups is 1. The van der Waals surface area contributed by atoms with Crippen LogP contribution in [0.2, 0.25) is 0 Å². The standard InChI is InChI=1S/C21H23F2NO7S/c22-15-2-7-19(18(23)14-15)31-11-1-10-30-16-3-5-17(6-4-16)32(27,28)21(20(25)24-26)8-12-29-13-9-21/h2-7,14,26H,1,8-13H2,(H,24,25). The SMILES string of the molecule is O=C(NO)C1(S(=O)(=O)c2ccc(OCCCOc3ccc(F)cc3F)cc2)CCOCC1. The van der Waals surface area contributed by atoms with Crippen LogP contribution in [0.4, 0.5) is 8.78 Å². The molecule has 0 unspecified atom stereocenters. The lowest BCUT2D eigenvalue weighted by Gasteiger charge is -2.34. The van der Waals surface area contributed by atoms with E-state index in [1.807, 2.05) is 0 Å². The third-order valence-electron chi connectivity index (χ3n) is 5.17. The second-order valence-electron chi connectivity index (χ2n) is 7.15. The van der Waals surface area contributed by atoms with Crippen molar-refractivity contribution in [1.29, 1.82) is 0 Å². The van der Waals surface area contributed by atoms with Crippen molar-refractivity contribution in [3.63, 3.8) is 0 Å². The van der Waals surface area contributed by atoms with Gasteiger partial charge in [-0.15, -0.1) is 0 Å². The van der Waals surface area contributed by atoms with E-state index in [0.29, 0.717) is 12.2 Å². The van der Waals surface area contributed by atoms with Crippen LogP contribution >= 0.6 is 0 Å². The van der Waals surface area contributed by atoms with Crippen molar-refractivity contribution in [2.45, 2.75) is 28.9 Å². The predicted molar refractivity (Wildman–Crippen MR) is 108 cm³/mol. The van der Waals surface area contributed by atoms with Gasteiger partial charge >= 0.3 is 0 Å². The number of benzene rings is 2. The summed E-state index contributed by atoms with van der Waals surface area (Å²) in [4.78, 5) is 12.2. The quantitative estimate of drug-likeness (QED) is 0.329. The monoisotopic (exact) mass is 471 g/mol. The third-order valence-corrected chi connectivity index (χ3v) is 7.69. The van der Waals surface area contributed by atoms with Crippen molar-refractivity contribution in [2.75, 3.05) is 26.4 Å². The lowest BCUT2D eigenvalue weighted by atomic mass is 9.98. The summed E-state index contributed by atoms with van der Waals surface area (Å²) in [6.45, 7) is 0.508. The zero-order valence-electron chi connectivity index (χ0n) is 17.1. The van der Waals surface area contributed by atoms with Gasteiger partial charge in [0.15, 0.2) is 26.2 Å². The normalized spacial score (nSPS) is 15.7. The van der Waals surface area contributed by atoms with E-state index in [9.17, 15) is 22.0 Å². The highest BCUT2D eigenvalue weighted by atomic mass is 32.2.